The van der Waals surface area contributed by atoms with Crippen LogP contribution in [0, 0.1) is 5.92 Å². The number of hydrogen-bond acceptors (Lipinski definition) is 5. The third-order valence-electron chi connectivity index (χ3n) is 6.70. The molecule has 0 atom stereocenters. The van der Waals surface area contributed by atoms with Crippen molar-refractivity contribution in [2.75, 3.05) is 32.1 Å². The van der Waals surface area contributed by atoms with E-state index in [2.05, 4.69) is 10.2 Å². The van der Waals surface area contributed by atoms with Gasteiger partial charge in [-0.15, -0.1) is 0 Å². The molecule has 2 N–H and O–H groups in total. The minimum Gasteiger partial charge on any atom is -0.508 e. The van der Waals surface area contributed by atoms with Crippen molar-refractivity contribution in [3.63, 3.8) is 0 Å². The van der Waals surface area contributed by atoms with E-state index in [0.717, 1.165) is 49.3 Å². The van der Waals surface area contributed by atoms with Crippen molar-refractivity contribution in [2.24, 2.45) is 5.92 Å². The van der Waals surface area contributed by atoms with E-state index < -0.39 is 5.41 Å². The molecule has 0 aromatic heterocycles. The molecule has 5 rings (SSSR count). The number of piperidine rings is 1. The molecule has 6 heteroatoms. The van der Waals surface area contributed by atoms with Gasteiger partial charge in [0.05, 0.1) is 19.1 Å². The van der Waals surface area contributed by atoms with E-state index in [0.29, 0.717) is 24.0 Å². The number of anilines is 1. The van der Waals surface area contributed by atoms with Crippen molar-refractivity contribution in [3.8, 4) is 17.2 Å². The van der Waals surface area contributed by atoms with Crippen LogP contribution in [-0.4, -0.2) is 42.7 Å². The molecule has 1 saturated carbocycles. The smallest absolute Gasteiger partial charge is 0.235 e. The summed E-state index contributed by atoms with van der Waals surface area (Å²) in [4.78, 5) is 15.4. The lowest BCUT2D eigenvalue weighted by molar-refractivity contribution is -0.122. The highest BCUT2D eigenvalue weighted by atomic mass is 16.5. The number of nitrogens with one attached hydrogen (secondary N) is 1. The van der Waals surface area contributed by atoms with Gasteiger partial charge in [0.15, 0.2) is 11.5 Å². The van der Waals surface area contributed by atoms with Crippen molar-refractivity contribution in [1.82, 2.24) is 4.90 Å². The zero-order valence-electron chi connectivity index (χ0n) is 17.3. The van der Waals surface area contributed by atoms with Gasteiger partial charge >= 0.3 is 0 Å². The van der Waals surface area contributed by atoms with Gasteiger partial charge in [0.25, 0.3) is 0 Å². The summed E-state index contributed by atoms with van der Waals surface area (Å²) in [5, 5.41) is 12.8. The summed E-state index contributed by atoms with van der Waals surface area (Å²) < 4.78 is 11.6. The molecule has 0 bridgehead atoms. The highest BCUT2D eigenvalue weighted by molar-refractivity contribution is 6.06. The fraction of sp³-hybridized carbons (Fsp3) is 0.458. The third-order valence-corrected chi connectivity index (χ3v) is 6.70. The highest BCUT2D eigenvalue weighted by Crippen LogP contribution is 2.49. The lowest BCUT2D eigenvalue weighted by atomic mass is 9.73. The maximum absolute atomic E-state index is 13.1. The van der Waals surface area contributed by atoms with Crippen LogP contribution in [0.25, 0.3) is 0 Å². The molecule has 2 aromatic rings. The van der Waals surface area contributed by atoms with Gasteiger partial charge in [0.1, 0.15) is 5.75 Å². The predicted molar refractivity (Wildman–Crippen MR) is 114 cm³/mol. The van der Waals surface area contributed by atoms with Gasteiger partial charge in [-0.25, -0.2) is 0 Å². The molecule has 1 amide bonds. The maximum Gasteiger partial charge on any atom is 0.235 e. The molecule has 0 unspecified atom stereocenters. The molecule has 6 nitrogen and oxygen atoms in total. The van der Waals surface area contributed by atoms with E-state index in [1.807, 2.05) is 24.3 Å². The number of amides is 1. The number of fused-ring (bicyclic) bond motifs is 2. The van der Waals surface area contributed by atoms with E-state index in [1.54, 1.807) is 19.2 Å². The molecule has 2 heterocycles. The molecule has 158 valence electrons. The number of benzene rings is 2. The van der Waals surface area contributed by atoms with Crippen LogP contribution in [0.15, 0.2) is 36.4 Å². The topological polar surface area (TPSA) is 71.0 Å². The standard InChI is InChI=1S/C24H28N2O4/c1-29-21-12-19-20(13-22(21)30-15-16-5-6-16)25-23(28)24(19)7-9-26(10-8-24)14-17-3-2-4-18(27)11-17/h2-4,11-13,16,27H,5-10,14-15H2,1H3,(H,25,28). The average molecular weight is 408 g/mol. The Morgan fingerprint density at radius 2 is 1.97 bits per heavy atom. The SMILES string of the molecule is COc1cc2c(cc1OCC1CC1)NC(=O)C21CCN(Cc2cccc(O)c2)CC1. The predicted octanol–water partition coefficient (Wildman–Crippen LogP) is 3.68. The quantitative estimate of drug-likeness (QED) is 0.763. The summed E-state index contributed by atoms with van der Waals surface area (Å²) in [5.74, 6) is 2.43. The van der Waals surface area contributed by atoms with Gasteiger partial charge in [0.2, 0.25) is 5.91 Å². The number of aromatic hydroxyl groups is 1. The Bertz CT molecular complexity index is 962. The second-order valence-electron chi connectivity index (χ2n) is 8.79. The summed E-state index contributed by atoms with van der Waals surface area (Å²) in [6.45, 7) is 3.13. The van der Waals surface area contributed by atoms with Crippen LogP contribution in [0.1, 0.15) is 36.8 Å². The first kappa shape index (κ1) is 19.2. The number of phenolic OH excluding ortho intramolecular Hbond substituents is 1. The molecule has 1 aliphatic carbocycles. The van der Waals surface area contributed by atoms with Crippen LogP contribution in [0.3, 0.4) is 0 Å². The minimum atomic E-state index is -0.507. The number of phenols is 1. The van der Waals surface area contributed by atoms with Gasteiger partial charge in [0, 0.05) is 18.3 Å². The summed E-state index contributed by atoms with van der Waals surface area (Å²) in [5.41, 5.74) is 2.46. The fourth-order valence-corrected chi connectivity index (χ4v) is 4.69. The van der Waals surface area contributed by atoms with E-state index in [9.17, 15) is 9.90 Å². The van der Waals surface area contributed by atoms with E-state index in [4.69, 9.17) is 9.47 Å². The van der Waals surface area contributed by atoms with Gasteiger partial charge in [-0.3, -0.25) is 9.69 Å². The van der Waals surface area contributed by atoms with Gasteiger partial charge in [-0.05, 0) is 74.0 Å². The Balaban J connectivity index is 1.34. The first-order chi connectivity index (χ1) is 14.6. The zero-order valence-corrected chi connectivity index (χ0v) is 17.3. The molecule has 2 aromatic carbocycles. The van der Waals surface area contributed by atoms with Gasteiger partial charge < -0.3 is 19.9 Å². The van der Waals surface area contributed by atoms with E-state index in [1.165, 1.54) is 12.8 Å². The number of ether oxygens (including phenoxy) is 2. The van der Waals surface area contributed by atoms with Gasteiger partial charge in [-0.1, -0.05) is 12.1 Å². The molecule has 1 saturated heterocycles. The fourth-order valence-electron chi connectivity index (χ4n) is 4.69. The number of nitrogens with zero attached hydrogens (tertiary/aromatic N) is 1. The lowest BCUT2D eigenvalue weighted by Gasteiger charge is -2.38. The van der Waals surface area contributed by atoms with E-state index in [-0.39, 0.29) is 11.7 Å². The monoisotopic (exact) mass is 408 g/mol. The molecule has 2 aliphatic heterocycles. The minimum absolute atomic E-state index is 0.0795. The third kappa shape index (κ3) is 3.49. The largest absolute Gasteiger partial charge is 0.508 e. The Hall–Kier alpha value is -2.73. The van der Waals surface area contributed by atoms with Crippen molar-refractivity contribution in [1.29, 1.82) is 0 Å². The number of carbonyl (C=O) groups is 1. The number of hydrogen-bond donors (Lipinski definition) is 2. The summed E-state index contributed by atoms with van der Waals surface area (Å²) in [6, 6.07) is 11.3. The summed E-state index contributed by atoms with van der Waals surface area (Å²) >= 11 is 0. The summed E-state index contributed by atoms with van der Waals surface area (Å²) in [6.07, 6.45) is 3.98. The highest BCUT2D eigenvalue weighted by Gasteiger charge is 2.49. The average Bonchev–Trinajstić information content (AvgIpc) is 3.53. The van der Waals surface area contributed by atoms with Crippen molar-refractivity contribution in [2.45, 2.75) is 37.6 Å². The van der Waals surface area contributed by atoms with Crippen LogP contribution >= 0.6 is 0 Å². The van der Waals surface area contributed by atoms with Crippen LogP contribution in [-0.2, 0) is 16.8 Å². The Labute approximate surface area is 176 Å². The van der Waals surface area contributed by atoms with Crippen LogP contribution in [0.2, 0.25) is 0 Å². The first-order valence-corrected chi connectivity index (χ1v) is 10.7. The second-order valence-corrected chi connectivity index (χ2v) is 8.79. The van der Waals surface area contributed by atoms with Crippen LogP contribution < -0.4 is 14.8 Å². The summed E-state index contributed by atoms with van der Waals surface area (Å²) in [7, 11) is 1.65. The number of methoxy groups -OCH3 is 1. The van der Waals surface area contributed by atoms with Crippen LogP contribution in [0.5, 0.6) is 17.2 Å². The molecule has 1 spiro atoms. The van der Waals surface area contributed by atoms with Gasteiger partial charge in [-0.2, -0.15) is 0 Å². The number of carbonyl (C=O) groups excluding carboxylic acids is 1. The van der Waals surface area contributed by atoms with Crippen molar-refractivity contribution < 1.29 is 19.4 Å². The van der Waals surface area contributed by atoms with Crippen molar-refractivity contribution >= 4 is 11.6 Å². The lowest BCUT2D eigenvalue weighted by Crippen LogP contribution is -2.46. The van der Waals surface area contributed by atoms with Crippen LogP contribution in [0.4, 0.5) is 5.69 Å². The molecular formula is C24H28N2O4. The zero-order chi connectivity index (χ0) is 20.7. The first-order valence-electron chi connectivity index (χ1n) is 10.7. The molecule has 3 aliphatic rings. The molecule has 2 fully saturated rings. The molecule has 30 heavy (non-hydrogen) atoms. The normalized spacial score (nSPS) is 20.1. The Kier molecular flexibility index (Phi) is 4.82. The molecule has 0 radical (unpaired) electrons. The maximum atomic E-state index is 13.1. The Morgan fingerprint density at radius 1 is 1.17 bits per heavy atom. The van der Waals surface area contributed by atoms with Crippen molar-refractivity contribution in [3.05, 3.63) is 47.5 Å². The second kappa shape index (κ2) is 7.51. The molecular weight excluding hydrogens is 380 g/mol. The Morgan fingerprint density at radius 3 is 2.67 bits per heavy atom. The number of likely N-dealkylation sites (tertiary alicyclic amines) is 1. The van der Waals surface area contributed by atoms with E-state index >= 15 is 0 Å². The number of rotatable bonds is 6.